The minimum Gasteiger partial charge on any atom is -0.506 e. The number of para-hydroxylation sites is 2. The highest BCUT2D eigenvalue weighted by Gasteiger charge is 2.39. The fraction of sp³-hybridized carbons (Fsp3) is 0.278. The first-order valence-electron chi connectivity index (χ1n) is 7.14. The Morgan fingerprint density at radius 2 is 1.68 bits per heavy atom. The van der Waals surface area contributed by atoms with Crippen LogP contribution in [0.5, 0.6) is 5.75 Å². The van der Waals surface area contributed by atoms with Crippen molar-refractivity contribution in [3.63, 3.8) is 0 Å². The molecule has 0 aromatic heterocycles. The second-order valence-electron chi connectivity index (χ2n) is 5.72. The molecule has 0 spiro atoms. The third-order valence-electron chi connectivity index (χ3n) is 3.77. The molecular formula is C18H21NO3. The summed E-state index contributed by atoms with van der Waals surface area (Å²) in [7, 11) is 1.38. The van der Waals surface area contributed by atoms with Crippen LogP contribution in [0.15, 0.2) is 54.6 Å². The average Bonchev–Trinajstić information content (AvgIpc) is 2.53. The van der Waals surface area contributed by atoms with E-state index >= 15 is 0 Å². The maximum atomic E-state index is 12.2. The van der Waals surface area contributed by atoms with E-state index in [1.165, 1.54) is 7.11 Å². The summed E-state index contributed by atoms with van der Waals surface area (Å²) in [4.78, 5) is 12.2. The van der Waals surface area contributed by atoms with E-state index in [0.29, 0.717) is 5.69 Å². The van der Waals surface area contributed by atoms with Crippen molar-refractivity contribution >= 4 is 11.7 Å². The minimum absolute atomic E-state index is 0.143. The Hall–Kier alpha value is -2.49. The van der Waals surface area contributed by atoms with Gasteiger partial charge in [-0.2, -0.15) is 0 Å². The zero-order chi connectivity index (χ0) is 16.2. The van der Waals surface area contributed by atoms with Gasteiger partial charge in [-0.3, -0.25) is 4.79 Å². The topological polar surface area (TPSA) is 58.6 Å². The minimum atomic E-state index is -0.807. The molecule has 2 rings (SSSR count). The maximum absolute atomic E-state index is 12.2. The van der Waals surface area contributed by atoms with Crippen LogP contribution in [0.25, 0.3) is 0 Å². The third kappa shape index (κ3) is 3.22. The highest BCUT2D eigenvalue weighted by Crippen LogP contribution is 2.39. The molecule has 4 nitrogen and oxygen atoms in total. The molecular weight excluding hydrogens is 278 g/mol. The Bertz CT molecular complexity index is 638. The van der Waals surface area contributed by atoms with E-state index < -0.39 is 5.41 Å². The smallest absolute Gasteiger partial charge is 0.313 e. The van der Waals surface area contributed by atoms with Crippen molar-refractivity contribution in [2.45, 2.75) is 19.9 Å². The number of phenols is 1. The van der Waals surface area contributed by atoms with Crippen LogP contribution in [-0.2, 0) is 9.53 Å². The van der Waals surface area contributed by atoms with Gasteiger partial charge in [-0.25, -0.2) is 0 Å². The van der Waals surface area contributed by atoms with E-state index in [0.717, 1.165) is 5.56 Å². The van der Waals surface area contributed by atoms with Gasteiger partial charge in [-0.1, -0.05) is 42.5 Å². The van der Waals surface area contributed by atoms with Gasteiger partial charge in [0.2, 0.25) is 0 Å². The number of anilines is 1. The van der Waals surface area contributed by atoms with Crippen molar-refractivity contribution in [1.82, 2.24) is 0 Å². The van der Waals surface area contributed by atoms with E-state index in [-0.39, 0.29) is 17.8 Å². The summed E-state index contributed by atoms with van der Waals surface area (Å²) in [6.45, 7) is 3.65. The standard InChI is InChI=1S/C18H21NO3/c1-18(2,17(21)22-3)16(13-9-5-4-6-10-13)19-14-11-7-8-12-15(14)20/h4-12,16,19-20H,1-3H3/t16-/m1/s1. The zero-order valence-corrected chi connectivity index (χ0v) is 13.0. The number of esters is 1. The van der Waals surface area contributed by atoms with Gasteiger partial charge in [0.05, 0.1) is 24.3 Å². The number of methoxy groups -OCH3 is 1. The normalized spacial score (nSPS) is 12.5. The first-order chi connectivity index (χ1) is 10.5. The number of ether oxygens (including phenoxy) is 1. The van der Waals surface area contributed by atoms with Gasteiger partial charge >= 0.3 is 5.97 Å². The van der Waals surface area contributed by atoms with E-state index in [2.05, 4.69) is 5.32 Å². The van der Waals surface area contributed by atoms with E-state index in [9.17, 15) is 9.90 Å². The lowest BCUT2D eigenvalue weighted by Crippen LogP contribution is -2.36. The molecule has 1 atom stereocenters. The summed E-state index contributed by atoms with van der Waals surface area (Å²) in [5.74, 6) is -0.173. The molecule has 2 aromatic rings. The molecule has 0 saturated carbocycles. The van der Waals surface area contributed by atoms with Gasteiger partial charge in [0.15, 0.2) is 0 Å². The molecule has 2 N–H and O–H groups in total. The fourth-order valence-corrected chi connectivity index (χ4v) is 2.46. The first-order valence-corrected chi connectivity index (χ1v) is 7.14. The molecule has 0 amide bonds. The summed E-state index contributed by atoms with van der Waals surface area (Å²) in [5, 5.41) is 13.3. The van der Waals surface area contributed by atoms with Crippen LogP contribution in [0.4, 0.5) is 5.69 Å². The SMILES string of the molecule is COC(=O)C(C)(C)[C@H](Nc1ccccc1O)c1ccccc1. The Labute approximate surface area is 130 Å². The monoisotopic (exact) mass is 299 g/mol. The van der Waals surface area contributed by atoms with Crippen LogP contribution in [0.3, 0.4) is 0 Å². The van der Waals surface area contributed by atoms with E-state index in [4.69, 9.17) is 4.74 Å². The molecule has 0 aliphatic rings. The lowest BCUT2D eigenvalue weighted by atomic mass is 9.80. The van der Waals surface area contributed by atoms with Crippen LogP contribution in [0.2, 0.25) is 0 Å². The summed E-state index contributed by atoms with van der Waals surface area (Å²) < 4.78 is 4.94. The molecule has 0 saturated heterocycles. The van der Waals surface area contributed by atoms with E-state index in [1.54, 1.807) is 18.2 Å². The van der Waals surface area contributed by atoms with Gasteiger partial charge in [-0.05, 0) is 31.5 Å². The van der Waals surface area contributed by atoms with Gasteiger partial charge < -0.3 is 15.2 Å². The maximum Gasteiger partial charge on any atom is 0.313 e. The molecule has 0 unspecified atom stereocenters. The number of carbonyl (C=O) groups is 1. The molecule has 0 radical (unpaired) electrons. The molecule has 22 heavy (non-hydrogen) atoms. The first kappa shape index (κ1) is 15.9. The van der Waals surface area contributed by atoms with Crippen molar-refractivity contribution in [1.29, 1.82) is 0 Å². The highest BCUT2D eigenvalue weighted by molar-refractivity contribution is 5.78. The fourth-order valence-electron chi connectivity index (χ4n) is 2.46. The lowest BCUT2D eigenvalue weighted by molar-refractivity contribution is -0.151. The number of nitrogens with one attached hydrogen (secondary N) is 1. The van der Waals surface area contributed by atoms with Crippen LogP contribution in [-0.4, -0.2) is 18.2 Å². The summed E-state index contributed by atoms with van der Waals surface area (Å²) in [6.07, 6.45) is 0. The van der Waals surface area contributed by atoms with Crippen molar-refractivity contribution in [2.24, 2.45) is 5.41 Å². The Balaban J connectivity index is 2.43. The number of aromatic hydroxyl groups is 1. The second kappa shape index (κ2) is 6.52. The summed E-state index contributed by atoms with van der Waals surface area (Å²) in [6, 6.07) is 16.3. The van der Waals surface area contributed by atoms with Gasteiger partial charge in [0.1, 0.15) is 5.75 Å². The van der Waals surface area contributed by atoms with Gasteiger partial charge in [-0.15, -0.1) is 0 Å². The number of hydrogen-bond donors (Lipinski definition) is 2. The predicted octanol–water partition coefficient (Wildman–Crippen LogP) is 3.74. The average molecular weight is 299 g/mol. The van der Waals surface area contributed by atoms with Crippen LogP contribution in [0.1, 0.15) is 25.5 Å². The third-order valence-corrected chi connectivity index (χ3v) is 3.77. The number of phenolic OH excluding ortho intramolecular Hbond substituents is 1. The number of rotatable bonds is 5. The van der Waals surface area contributed by atoms with Crippen LogP contribution in [0, 0.1) is 5.41 Å². The molecule has 0 aliphatic carbocycles. The lowest BCUT2D eigenvalue weighted by Gasteiger charge is -2.33. The zero-order valence-electron chi connectivity index (χ0n) is 13.0. The molecule has 0 heterocycles. The predicted molar refractivity (Wildman–Crippen MR) is 86.7 cm³/mol. The molecule has 2 aromatic carbocycles. The second-order valence-corrected chi connectivity index (χ2v) is 5.72. The van der Waals surface area contributed by atoms with Crippen LogP contribution < -0.4 is 5.32 Å². The number of hydrogen-bond acceptors (Lipinski definition) is 4. The molecule has 116 valence electrons. The highest BCUT2D eigenvalue weighted by atomic mass is 16.5. The quantitative estimate of drug-likeness (QED) is 0.652. The number of carbonyl (C=O) groups excluding carboxylic acids is 1. The van der Waals surface area contributed by atoms with Gasteiger partial charge in [0, 0.05) is 0 Å². The molecule has 0 fully saturated rings. The summed E-state index contributed by atoms with van der Waals surface area (Å²) >= 11 is 0. The summed E-state index contributed by atoms with van der Waals surface area (Å²) in [5.41, 5.74) is 0.716. The largest absolute Gasteiger partial charge is 0.506 e. The molecule has 4 heteroatoms. The van der Waals surface area contributed by atoms with Crippen molar-refractivity contribution in [3.05, 3.63) is 60.2 Å². The Morgan fingerprint density at radius 1 is 1.09 bits per heavy atom. The van der Waals surface area contributed by atoms with Crippen molar-refractivity contribution in [2.75, 3.05) is 12.4 Å². The Kier molecular flexibility index (Phi) is 4.71. The van der Waals surface area contributed by atoms with Crippen molar-refractivity contribution in [3.8, 4) is 5.75 Å². The molecule has 0 aliphatic heterocycles. The van der Waals surface area contributed by atoms with E-state index in [1.807, 2.05) is 50.2 Å². The van der Waals surface area contributed by atoms with Crippen molar-refractivity contribution < 1.29 is 14.6 Å². The Morgan fingerprint density at radius 3 is 2.27 bits per heavy atom. The van der Waals surface area contributed by atoms with Crippen LogP contribution >= 0.6 is 0 Å². The van der Waals surface area contributed by atoms with Gasteiger partial charge in [0.25, 0.3) is 0 Å². The molecule has 0 bridgehead atoms. The number of benzene rings is 2.